The molecule has 0 bridgehead atoms. The van der Waals surface area contributed by atoms with Crippen LogP contribution in [0.4, 0.5) is 19.0 Å². The van der Waals surface area contributed by atoms with Gasteiger partial charge in [0.2, 0.25) is 0 Å². The molecule has 1 aromatic heterocycles. The van der Waals surface area contributed by atoms with Gasteiger partial charge in [-0.3, -0.25) is 0 Å². The Hall–Kier alpha value is -1.90. The average molecular weight is 402 g/mol. The van der Waals surface area contributed by atoms with Crippen LogP contribution in [0.3, 0.4) is 0 Å². The molecule has 0 saturated carbocycles. The SMILES string of the molecule is CC(C)c1nc(NNCCN(C)C)c(Cl)c(-c2ccc(C(F)(F)F)cc2)n1. The number of benzene rings is 1. The Morgan fingerprint density at radius 3 is 2.26 bits per heavy atom. The molecule has 0 spiro atoms. The molecule has 0 atom stereocenters. The minimum absolute atomic E-state index is 0.0257. The summed E-state index contributed by atoms with van der Waals surface area (Å²) in [5.41, 5.74) is 6.17. The Balaban J connectivity index is 2.34. The van der Waals surface area contributed by atoms with Crippen LogP contribution in [0.1, 0.15) is 31.2 Å². The second kappa shape index (κ2) is 8.86. The fourth-order valence-corrected chi connectivity index (χ4v) is 2.48. The molecule has 2 N–H and O–H groups in total. The second-order valence-corrected chi connectivity index (χ2v) is 7.06. The topological polar surface area (TPSA) is 53.1 Å². The molecule has 0 aliphatic carbocycles. The number of hydrogen-bond acceptors (Lipinski definition) is 5. The molecule has 2 rings (SSSR count). The standard InChI is InChI=1S/C18H23ClF3N5/c1-11(2)16-24-15(12-5-7-13(8-6-12)18(20,21)22)14(19)17(25-16)26-23-9-10-27(3)4/h5-8,11,23H,9-10H2,1-4H3,(H,24,25,26). The third kappa shape index (κ3) is 5.79. The van der Waals surface area contributed by atoms with Gasteiger partial charge in [0.1, 0.15) is 10.8 Å². The highest BCUT2D eigenvalue weighted by Gasteiger charge is 2.30. The fourth-order valence-electron chi connectivity index (χ4n) is 2.24. The molecule has 1 aromatic carbocycles. The van der Waals surface area contributed by atoms with E-state index >= 15 is 0 Å². The second-order valence-electron chi connectivity index (χ2n) is 6.68. The average Bonchev–Trinajstić information content (AvgIpc) is 2.59. The van der Waals surface area contributed by atoms with Crippen molar-refractivity contribution in [1.29, 1.82) is 0 Å². The number of rotatable bonds is 7. The highest BCUT2D eigenvalue weighted by molar-refractivity contribution is 6.35. The van der Waals surface area contributed by atoms with Crippen molar-refractivity contribution in [3.8, 4) is 11.3 Å². The molecule has 2 aromatic rings. The summed E-state index contributed by atoms with van der Waals surface area (Å²) in [6.45, 7) is 5.32. The van der Waals surface area contributed by atoms with Crippen molar-refractivity contribution in [2.24, 2.45) is 0 Å². The first-order chi connectivity index (χ1) is 12.6. The molecule has 0 fully saturated rings. The molecular weight excluding hydrogens is 379 g/mol. The van der Waals surface area contributed by atoms with Crippen LogP contribution in [0.5, 0.6) is 0 Å². The highest BCUT2D eigenvalue weighted by Crippen LogP contribution is 2.35. The molecule has 0 unspecified atom stereocenters. The highest BCUT2D eigenvalue weighted by atomic mass is 35.5. The molecule has 0 radical (unpaired) electrons. The van der Waals surface area contributed by atoms with Gasteiger partial charge in [-0.2, -0.15) is 13.2 Å². The van der Waals surface area contributed by atoms with Crippen molar-refractivity contribution in [1.82, 2.24) is 20.3 Å². The maximum Gasteiger partial charge on any atom is 0.416 e. The van der Waals surface area contributed by atoms with Crippen molar-refractivity contribution in [3.05, 3.63) is 40.7 Å². The number of likely N-dealkylation sites (N-methyl/N-ethyl adjacent to an activating group) is 1. The smallest absolute Gasteiger partial charge is 0.308 e. The van der Waals surface area contributed by atoms with Crippen molar-refractivity contribution in [2.75, 3.05) is 32.6 Å². The van der Waals surface area contributed by atoms with Crippen LogP contribution in [0, 0.1) is 0 Å². The largest absolute Gasteiger partial charge is 0.416 e. The number of alkyl halides is 3. The van der Waals surface area contributed by atoms with Crippen LogP contribution < -0.4 is 10.9 Å². The molecule has 1 heterocycles. The Bertz CT molecular complexity index is 761. The van der Waals surface area contributed by atoms with E-state index in [4.69, 9.17) is 11.6 Å². The molecule has 0 amide bonds. The first-order valence-electron chi connectivity index (χ1n) is 8.48. The van der Waals surface area contributed by atoms with E-state index in [2.05, 4.69) is 20.8 Å². The molecule has 9 heteroatoms. The van der Waals surface area contributed by atoms with E-state index in [0.717, 1.165) is 18.7 Å². The van der Waals surface area contributed by atoms with Gasteiger partial charge in [0, 0.05) is 24.6 Å². The van der Waals surface area contributed by atoms with Crippen LogP contribution >= 0.6 is 11.6 Å². The maximum absolute atomic E-state index is 12.8. The Kier molecular flexibility index (Phi) is 7.02. The zero-order chi connectivity index (χ0) is 20.2. The van der Waals surface area contributed by atoms with Crippen LogP contribution in [0.25, 0.3) is 11.3 Å². The lowest BCUT2D eigenvalue weighted by atomic mass is 10.1. The lowest BCUT2D eigenvalue weighted by Gasteiger charge is -2.16. The predicted octanol–water partition coefficient (Wildman–Crippen LogP) is 4.42. The first kappa shape index (κ1) is 21.4. The monoisotopic (exact) mass is 401 g/mol. The number of halogens is 4. The molecule has 0 aliphatic rings. The van der Waals surface area contributed by atoms with Crippen LogP contribution in [0.15, 0.2) is 24.3 Å². The molecule has 5 nitrogen and oxygen atoms in total. The van der Waals surface area contributed by atoms with E-state index in [-0.39, 0.29) is 10.9 Å². The van der Waals surface area contributed by atoms with E-state index in [1.165, 1.54) is 12.1 Å². The van der Waals surface area contributed by atoms with E-state index in [1.807, 2.05) is 32.8 Å². The number of hydrogen-bond donors (Lipinski definition) is 2. The fraction of sp³-hybridized carbons (Fsp3) is 0.444. The first-order valence-corrected chi connectivity index (χ1v) is 8.86. The summed E-state index contributed by atoms with van der Waals surface area (Å²) in [6, 6.07) is 4.77. The normalized spacial score (nSPS) is 12.1. The van der Waals surface area contributed by atoms with Gasteiger partial charge in [-0.05, 0) is 26.2 Å². The number of hydrazine groups is 1. The molecule has 0 aliphatic heterocycles. The van der Waals surface area contributed by atoms with E-state index in [1.54, 1.807) is 0 Å². The summed E-state index contributed by atoms with van der Waals surface area (Å²) in [6.07, 6.45) is -4.39. The number of anilines is 1. The molecule has 0 saturated heterocycles. The van der Waals surface area contributed by atoms with Crippen molar-refractivity contribution < 1.29 is 13.2 Å². The van der Waals surface area contributed by atoms with Crippen LogP contribution in [-0.4, -0.2) is 42.1 Å². The third-order valence-electron chi connectivity index (χ3n) is 3.76. The summed E-state index contributed by atoms with van der Waals surface area (Å²) < 4.78 is 38.4. The number of aromatic nitrogens is 2. The molecule has 27 heavy (non-hydrogen) atoms. The summed E-state index contributed by atoms with van der Waals surface area (Å²) in [5.74, 6) is 0.966. The van der Waals surface area contributed by atoms with Gasteiger partial charge >= 0.3 is 6.18 Å². The minimum Gasteiger partial charge on any atom is -0.308 e. The minimum atomic E-state index is -4.39. The van der Waals surface area contributed by atoms with Gasteiger partial charge in [-0.25, -0.2) is 15.4 Å². The number of nitrogens with zero attached hydrogens (tertiary/aromatic N) is 3. The quantitative estimate of drug-likeness (QED) is 0.531. The van der Waals surface area contributed by atoms with Crippen molar-refractivity contribution in [2.45, 2.75) is 25.9 Å². The van der Waals surface area contributed by atoms with Gasteiger partial charge in [0.05, 0.1) is 11.3 Å². The van der Waals surface area contributed by atoms with E-state index < -0.39 is 11.7 Å². The zero-order valence-corrected chi connectivity index (χ0v) is 16.4. The lowest BCUT2D eigenvalue weighted by molar-refractivity contribution is -0.137. The Morgan fingerprint density at radius 2 is 1.74 bits per heavy atom. The third-order valence-corrected chi connectivity index (χ3v) is 4.12. The van der Waals surface area contributed by atoms with Gasteiger partial charge < -0.3 is 10.3 Å². The van der Waals surface area contributed by atoms with Crippen molar-refractivity contribution >= 4 is 17.4 Å². The zero-order valence-electron chi connectivity index (χ0n) is 15.7. The summed E-state index contributed by atoms with van der Waals surface area (Å²) in [5, 5.41) is 0.247. The molecular formula is C18H23ClF3N5. The van der Waals surface area contributed by atoms with E-state index in [0.29, 0.717) is 29.4 Å². The van der Waals surface area contributed by atoms with Gasteiger partial charge in [-0.15, -0.1) is 0 Å². The maximum atomic E-state index is 12.8. The summed E-state index contributed by atoms with van der Waals surface area (Å²) >= 11 is 6.43. The number of nitrogens with one attached hydrogen (secondary N) is 2. The van der Waals surface area contributed by atoms with Gasteiger partial charge in [-0.1, -0.05) is 37.6 Å². The molecule has 148 valence electrons. The summed E-state index contributed by atoms with van der Waals surface area (Å²) in [4.78, 5) is 10.9. The van der Waals surface area contributed by atoms with Crippen LogP contribution in [0.2, 0.25) is 5.02 Å². The Morgan fingerprint density at radius 1 is 1.11 bits per heavy atom. The summed E-state index contributed by atoms with van der Waals surface area (Å²) in [7, 11) is 3.91. The van der Waals surface area contributed by atoms with Gasteiger partial charge in [0.25, 0.3) is 0 Å². The lowest BCUT2D eigenvalue weighted by Crippen LogP contribution is -2.31. The van der Waals surface area contributed by atoms with Crippen molar-refractivity contribution in [3.63, 3.8) is 0 Å². The van der Waals surface area contributed by atoms with E-state index in [9.17, 15) is 13.2 Å². The van der Waals surface area contributed by atoms with Gasteiger partial charge in [0.15, 0.2) is 5.82 Å². The van der Waals surface area contributed by atoms with Crippen LogP contribution in [-0.2, 0) is 6.18 Å². The predicted molar refractivity (Wildman–Crippen MR) is 102 cm³/mol. The Labute approximate surface area is 161 Å².